The van der Waals surface area contributed by atoms with Gasteiger partial charge in [0.15, 0.2) is 0 Å². The normalized spacial score (nSPS) is 24.4. The molecule has 0 saturated carbocycles. The van der Waals surface area contributed by atoms with E-state index in [2.05, 4.69) is 43.0 Å². The van der Waals surface area contributed by atoms with Crippen molar-refractivity contribution in [1.29, 1.82) is 0 Å². The van der Waals surface area contributed by atoms with E-state index in [1.807, 2.05) is 6.07 Å². The minimum absolute atomic E-state index is 0.121. The molecule has 4 heteroatoms. The molecule has 174 valence electrons. The first-order valence-electron chi connectivity index (χ1n) is 12.2. The minimum Gasteiger partial charge on any atom is -0.385 e. The number of ether oxygens (including phenoxy) is 2. The standard InChI is InChI=1S/C28H38FNO2/c1-20(18-30-13-15-32-25(19-30)12-14-31-3)8-11-26-21(2)28-17-24(29)10-9-23(28)16-22-6-4-5-7-27(22)26/h4-7,9-10,17,20-21,25-26H,8,11-16,18-19H2,1-3H3/t20-,21?,25?,26+/m1/s1. The van der Waals surface area contributed by atoms with E-state index in [0.29, 0.717) is 17.8 Å². The van der Waals surface area contributed by atoms with Crippen molar-refractivity contribution in [3.8, 4) is 0 Å². The van der Waals surface area contributed by atoms with E-state index in [4.69, 9.17) is 9.47 Å². The Morgan fingerprint density at radius 1 is 1.12 bits per heavy atom. The maximum absolute atomic E-state index is 14.1. The van der Waals surface area contributed by atoms with E-state index in [9.17, 15) is 4.39 Å². The molecular weight excluding hydrogens is 401 g/mol. The molecule has 1 fully saturated rings. The van der Waals surface area contributed by atoms with Crippen LogP contribution in [0.3, 0.4) is 0 Å². The molecule has 4 atom stereocenters. The molecule has 32 heavy (non-hydrogen) atoms. The summed E-state index contributed by atoms with van der Waals surface area (Å²) in [5.74, 6) is 1.24. The number of fused-ring (bicyclic) bond motifs is 2. The SMILES string of the molecule is COCCC1CN(C[C@H](C)CC[C@@H]2c3ccccc3Cc3ccc(F)cc3C2C)CCO1. The maximum atomic E-state index is 14.1. The predicted octanol–water partition coefficient (Wildman–Crippen LogP) is 5.77. The third kappa shape index (κ3) is 5.59. The summed E-state index contributed by atoms with van der Waals surface area (Å²) in [4.78, 5) is 2.56. The molecule has 1 heterocycles. The lowest BCUT2D eigenvalue weighted by Crippen LogP contribution is -2.44. The number of hydrogen-bond acceptors (Lipinski definition) is 3. The Bertz CT molecular complexity index is 885. The lowest BCUT2D eigenvalue weighted by atomic mass is 9.78. The van der Waals surface area contributed by atoms with Gasteiger partial charge in [-0.25, -0.2) is 4.39 Å². The van der Waals surface area contributed by atoms with Gasteiger partial charge in [0.2, 0.25) is 0 Å². The molecular formula is C28H38FNO2. The third-order valence-corrected chi connectivity index (χ3v) is 7.44. The van der Waals surface area contributed by atoms with Crippen LogP contribution in [0, 0.1) is 11.7 Å². The molecule has 3 nitrogen and oxygen atoms in total. The van der Waals surface area contributed by atoms with Crippen molar-refractivity contribution in [2.24, 2.45) is 5.92 Å². The van der Waals surface area contributed by atoms with Gasteiger partial charge in [-0.15, -0.1) is 0 Å². The van der Waals surface area contributed by atoms with Crippen molar-refractivity contribution >= 4 is 0 Å². The number of hydrogen-bond donors (Lipinski definition) is 0. The van der Waals surface area contributed by atoms with Crippen molar-refractivity contribution in [3.63, 3.8) is 0 Å². The molecule has 2 unspecified atom stereocenters. The molecule has 4 rings (SSSR count). The van der Waals surface area contributed by atoms with Gasteiger partial charge in [0.05, 0.1) is 12.7 Å². The van der Waals surface area contributed by atoms with E-state index in [1.54, 1.807) is 19.2 Å². The van der Waals surface area contributed by atoms with Crippen LogP contribution in [0.15, 0.2) is 42.5 Å². The summed E-state index contributed by atoms with van der Waals surface area (Å²) in [6, 6.07) is 14.2. The molecule has 0 aromatic heterocycles. The maximum Gasteiger partial charge on any atom is 0.123 e. The van der Waals surface area contributed by atoms with Crippen LogP contribution >= 0.6 is 0 Å². The number of benzene rings is 2. The fourth-order valence-electron chi connectivity index (χ4n) is 5.67. The summed E-state index contributed by atoms with van der Waals surface area (Å²) >= 11 is 0. The number of halogens is 1. The second-order valence-corrected chi connectivity index (χ2v) is 9.83. The van der Waals surface area contributed by atoms with Crippen molar-refractivity contribution in [3.05, 3.63) is 70.5 Å². The number of morpholine rings is 1. The molecule has 0 spiro atoms. The molecule has 2 aliphatic rings. The molecule has 0 amide bonds. The van der Waals surface area contributed by atoms with Gasteiger partial charge in [-0.05, 0) is 77.8 Å². The van der Waals surface area contributed by atoms with Gasteiger partial charge in [-0.2, -0.15) is 0 Å². The van der Waals surface area contributed by atoms with E-state index in [0.717, 1.165) is 52.1 Å². The summed E-state index contributed by atoms with van der Waals surface area (Å²) in [7, 11) is 1.75. The van der Waals surface area contributed by atoms with Crippen LogP contribution in [0.25, 0.3) is 0 Å². The number of nitrogens with zero attached hydrogens (tertiary/aromatic N) is 1. The summed E-state index contributed by atoms with van der Waals surface area (Å²) in [5.41, 5.74) is 5.32. The zero-order valence-corrected chi connectivity index (χ0v) is 19.9. The first-order valence-corrected chi connectivity index (χ1v) is 12.2. The number of methoxy groups -OCH3 is 1. The van der Waals surface area contributed by atoms with Crippen LogP contribution < -0.4 is 0 Å². The summed E-state index contributed by atoms with van der Waals surface area (Å²) in [5, 5.41) is 0. The van der Waals surface area contributed by atoms with Gasteiger partial charge in [0.25, 0.3) is 0 Å². The smallest absolute Gasteiger partial charge is 0.123 e. The van der Waals surface area contributed by atoms with Gasteiger partial charge < -0.3 is 9.47 Å². The van der Waals surface area contributed by atoms with E-state index in [-0.39, 0.29) is 11.9 Å². The van der Waals surface area contributed by atoms with Crippen LogP contribution in [0.5, 0.6) is 0 Å². The van der Waals surface area contributed by atoms with Crippen LogP contribution in [0.1, 0.15) is 67.2 Å². The Labute approximate surface area is 192 Å². The van der Waals surface area contributed by atoms with Crippen molar-refractivity contribution in [2.45, 2.75) is 57.5 Å². The van der Waals surface area contributed by atoms with Crippen LogP contribution in [-0.2, 0) is 15.9 Å². The summed E-state index contributed by atoms with van der Waals surface area (Å²) in [6.07, 6.45) is 4.46. The lowest BCUT2D eigenvalue weighted by molar-refractivity contribution is -0.0443. The lowest BCUT2D eigenvalue weighted by Gasteiger charge is -2.35. The minimum atomic E-state index is -0.121. The second-order valence-electron chi connectivity index (χ2n) is 9.83. The molecule has 0 bridgehead atoms. The van der Waals surface area contributed by atoms with Gasteiger partial charge >= 0.3 is 0 Å². The average Bonchev–Trinajstić information content (AvgIpc) is 2.90. The highest BCUT2D eigenvalue weighted by atomic mass is 19.1. The summed E-state index contributed by atoms with van der Waals surface area (Å²) in [6.45, 7) is 9.37. The Morgan fingerprint density at radius 2 is 1.94 bits per heavy atom. The first kappa shape index (κ1) is 23.4. The second kappa shape index (κ2) is 10.9. The fraction of sp³-hybridized carbons (Fsp3) is 0.571. The summed E-state index contributed by atoms with van der Waals surface area (Å²) < 4.78 is 25.2. The average molecular weight is 440 g/mol. The third-order valence-electron chi connectivity index (χ3n) is 7.44. The first-order chi connectivity index (χ1) is 15.5. The highest BCUT2D eigenvalue weighted by Gasteiger charge is 2.29. The molecule has 0 radical (unpaired) electrons. The van der Waals surface area contributed by atoms with Crippen LogP contribution in [-0.4, -0.2) is 51.0 Å². The zero-order valence-electron chi connectivity index (χ0n) is 19.9. The highest BCUT2D eigenvalue weighted by molar-refractivity contribution is 5.45. The van der Waals surface area contributed by atoms with E-state index in [1.165, 1.54) is 28.7 Å². The molecule has 1 aliphatic carbocycles. The van der Waals surface area contributed by atoms with E-state index >= 15 is 0 Å². The molecule has 1 aliphatic heterocycles. The molecule has 2 aromatic rings. The van der Waals surface area contributed by atoms with Gasteiger partial charge in [0, 0.05) is 33.4 Å². The Morgan fingerprint density at radius 3 is 2.78 bits per heavy atom. The Kier molecular flexibility index (Phi) is 7.98. The monoisotopic (exact) mass is 439 g/mol. The van der Waals surface area contributed by atoms with Crippen molar-refractivity contribution in [1.82, 2.24) is 4.90 Å². The molecule has 2 aromatic carbocycles. The quantitative estimate of drug-likeness (QED) is 0.521. The molecule has 0 N–H and O–H groups in total. The Hall–Kier alpha value is -1.75. The largest absolute Gasteiger partial charge is 0.385 e. The van der Waals surface area contributed by atoms with E-state index < -0.39 is 0 Å². The van der Waals surface area contributed by atoms with Crippen LogP contribution in [0.2, 0.25) is 0 Å². The topological polar surface area (TPSA) is 21.7 Å². The number of rotatable bonds is 8. The Balaban J connectivity index is 1.42. The fourth-order valence-corrected chi connectivity index (χ4v) is 5.67. The highest BCUT2D eigenvalue weighted by Crippen LogP contribution is 2.43. The van der Waals surface area contributed by atoms with Crippen LogP contribution in [0.4, 0.5) is 4.39 Å². The van der Waals surface area contributed by atoms with Crippen molar-refractivity contribution < 1.29 is 13.9 Å². The predicted molar refractivity (Wildman–Crippen MR) is 128 cm³/mol. The van der Waals surface area contributed by atoms with Gasteiger partial charge in [-0.3, -0.25) is 4.90 Å². The van der Waals surface area contributed by atoms with Gasteiger partial charge in [-0.1, -0.05) is 44.2 Å². The zero-order chi connectivity index (χ0) is 22.5. The van der Waals surface area contributed by atoms with Gasteiger partial charge in [0.1, 0.15) is 5.82 Å². The van der Waals surface area contributed by atoms with Crippen molar-refractivity contribution in [2.75, 3.05) is 40.0 Å². The molecule has 1 saturated heterocycles.